The maximum absolute atomic E-state index is 10.7. The molecule has 2 heterocycles. The van der Waals surface area contributed by atoms with Crippen molar-refractivity contribution in [1.82, 2.24) is 4.90 Å². The summed E-state index contributed by atoms with van der Waals surface area (Å²) in [6, 6.07) is 13.4. The maximum Gasteiger partial charge on any atom is 0.123 e. The smallest absolute Gasteiger partial charge is 0.123 e. The highest BCUT2D eigenvalue weighted by molar-refractivity contribution is 6.31. The summed E-state index contributed by atoms with van der Waals surface area (Å²) in [5.41, 5.74) is 1.85. The fourth-order valence-electron chi connectivity index (χ4n) is 4.53. The molecular formula is C24H30ClNO5. The van der Waals surface area contributed by atoms with E-state index < -0.39 is 30.0 Å². The summed E-state index contributed by atoms with van der Waals surface area (Å²) in [5.74, 6) is 0.823. The zero-order valence-corrected chi connectivity index (χ0v) is 18.6. The predicted octanol–water partition coefficient (Wildman–Crippen LogP) is 2.56. The van der Waals surface area contributed by atoms with Gasteiger partial charge in [-0.05, 0) is 54.8 Å². The molecule has 2 saturated heterocycles. The van der Waals surface area contributed by atoms with Gasteiger partial charge in [-0.1, -0.05) is 42.8 Å². The minimum absolute atomic E-state index is 0.525. The van der Waals surface area contributed by atoms with E-state index in [-0.39, 0.29) is 0 Å². The van der Waals surface area contributed by atoms with Gasteiger partial charge in [0.05, 0.1) is 6.61 Å². The van der Waals surface area contributed by atoms with E-state index in [0.29, 0.717) is 31.1 Å². The van der Waals surface area contributed by atoms with Crippen molar-refractivity contribution in [1.29, 1.82) is 0 Å². The molecule has 4 atom stereocenters. The number of ether oxygens (including phenoxy) is 2. The van der Waals surface area contributed by atoms with E-state index in [1.165, 1.54) is 0 Å². The number of aliphatic hydroxyl groups excluding tert-OH is 3. The average Bonchev–Trinajstić information content (AvgIpc) is 2.74. The molecule has 6 nitrogen and oxygen atoms in total. The van der Waals surface area contributed by atoms with Gasteiger partial charge in [0.2, 0.25) is 0 Å². The van der Waals surface area contributed by atoms with Crippen molar-refractivity contribution >= 4 is 11.6 Å². The SMILES string of the molecule is CCOc1ccc(Cc2cc(C3OC4(CN(CC)C4)C(O)C(O)C3O)ccc2Cl)cc1. The number of nitrogens with zero attached hydrogens (tertiary/aromatic N) is 1. The Morgan fingerprint density at radius 2 is 1.77 bits per heavy atom. The first-order valence-electron chi connectivity index (χ1n) is 10.8. The molecule has 2 aromatic carbocycles. The number of likely N-dealkylation sites (N-methyl/N-ethyl adjacent to an activating group) is 1. The lowest BCUT2D eigenvalue weighted by atomic mass is 9.78. The normalized spacial score (nSPS) is 27.8. The number of hydrogen-bond acceptors (Lipinski definition) is 6. The Labute approximate surface area is 188 Å². The molecule has 0 bridgehead atoms. The summed E-state index contributed by atoms with van der Waals surface area (Å²) < 4.78 is 11.7. The zero-order chi connectivity index (χ0) is 22.2. The number of halogens is 1. The van der Waals surface area contributed by atoms with Crippen LogP contribution in [-0.2, 0) is 11.2 Å². The zero-order valence-electron chi connectivity index (χ0n) is 17.9. The lowest BCUT2D eigenvalue weighted by molar-refractivity contribution is -0.306. The number of likely N-dealkylation sites (tertiary alicyclic amines) is 1. The van der Waals surface area contributed by atoms with Crippen molar-refractivity contribution in [2.75, 3.05) is 26.2 Å². The Hall–Kier alpha value is -1.67. The fraction of sp³-hybridized carbons (Fsp3) is 0.500. The first-order valence-corrected chi connectivity index (χ1v) is 11.2. The molecule has 2 aliphatic rings. The third-order valence-electron chi connectivity index (χ3n) is 6.34. The van der Waals surface area contributed by atoms with Gasteiger partial charge < -0.3 is 24.8 Å². The molecule has 7 heteroatoms. The van der Waals surface area contributed by atoms with Gasteiger partial charge in [0, 0.05) is 18.1 Å². The summed E-state index contributed by atoms with van der Waals surface area (Å²) >= 11 is 6.46. The third-order valence-corrected chi connectivity index (χ3v) is 6.71. The molecule has 0 aliphatic carbocycles. The lowest BCUT2D eigenvalue weighted by Crippen LogP contribution is -2.75. The van der Waals surface area contributed by atoms with Crippen molar-refractivity contribution in [3.63, 3.8) is 0 Å². The molecule has 2 aliphatic heterocycles. The number of aliphatic hydroxyl groups is 3. The van der Waals surface area contributed by atoms with Crippen LogP contribution in [0.2, 0.25) is 5.02 Å². The lowest BCUT2D eigenvalue weighted by Gasteiger charge is -2.57. The van der Waals surface area contributed by atoms with Crippen LogP contribution in [0.3, 0.4) is 0 Å². The first-order chi connectivity index (χ1) is 14.9. The summed E-state index contributed by atoms with van der Waals surface area (Å²) in [6.07, 6.45) is -3.76. The highest BCUT2D eigenvalue weighted by Gasteiger charge is 2.59. The van der Waals surface area contributed by atoms with E-state index in [0.717, 1.165) is 29.0 Å². The van der Waals surface area contributed by atoms with Gasteiger partial charge in [-0.2, -0.15) is 0 Å². The maximum atomic E-state index is 10.7. The Balaban J connectivity index is 1.56. The van der Waals surface area contributed by atoms with Gasteiger partial charge in [-0.3, -0.25) is 4.90 Å². The molecule has 0 amide bonds. The van der Waals surface area contributed by atoms with Crippen molar-refractivity contribution in [2.45, 2.75) is 50.3 Å². The molecule has 2 aromatic rings. The van der Waals surface area contributed by atoms with Crippen LogP contribution in [0.4, 0.5) is 0 Å². The van der Waals surface area contributed by atoms with Crippen molar-refractivity contribution < 1.29 is 24.8 Å². The van der Waals surface area contributed by atoms with E-state index in [1.54, 1.807) is 6.07 Å². The summed E-state index contributed by atoms with van der Waals surface area (Å²) in [6.45, 7) is 6.50. The van der Waals surface area contributed by atoms with Crippen LogP contribution in [0.25, 0.3) is 0 Å². The molecule has 0 aromatic heterocycles. The van der Waals surface area contributed by atoms with Crippen LogP contribution in [0.15, 0.2) is 42.5 Å². The standard InChI is InChI=1S/C24H30ClNO5/c1-3-26-13-24(14-26)23(29)21(28)20(27)22(31-24)16-7-10-19(25)17(12-16)11-15-5-8-18(9-6-15)30-4-2/h5-10,12,20-23,27-29H,3-4,11,13-14H2,1-2H3. The number of hydrogen-bond donors (Lipinski definition) is 3. The largest absolute Gasteiger partial charge is 0.494 e. The minimum atomic E-state index is -1.28. The second-order valence-corrected chi connectivity index (χ2v) is 8.84. The highest BCUT2D eigenvalue weighted by atomic mass is 35.5. The van der Waals surface area contributed by atoms with E-state index in [1.807, 2.05) is 50.2 Å². The molecular weight excluding hydrogens is 418 g/mol. The topological polar surface area (TPSA) is 82.4 Å². The van der Waals surface area contributed by atoms with E-state index in [4.69, 9.17) is 21.1 Å². The Bertz CT molecular complexity index is 899. The van der Waals surface area contributed by atoms with Gasteiger partial charge in [-0.15, -0.1) is 0 Å². The molecule has 168 valence electrons. The van der Waals surface area contributed by atoms with Crippen molar-refractivity contribution in [3.8, 4) is 5.75 Å². The fourth-order valence-corrected chi connectivity index (χ4v) is 4.71. The van der Waals surface area contributed by atoms with E-state index in [2.05, 4.69) is 4.90 Å². The molecule has 3 N–H and O–H groups in total. The van der Waals surface area contributed by atoms with Crippen molar-refractivity contribution in [2.24, 2.45) is 0 Å². The molecule has 0 radical (unpaired) electrons. The van der Waals surface area contributed by atoms with Gasteiger partial charge in [0.1, 0.15) is 35.8 Å². The third kappa shape index (κ3) is 4.33. The molecule has 0 saturated carbocycles. The van der Waals surface area contributed by atoms with E-state index >= 15 is 0 Å². The Morgan fingerprint density at radius 3 is 2.42 bits per heavy atom. The average molecular weight is 448 g/mol. The molecule has 2 fully saturated rings. The van der Waals surface area contributed by atoms with Crippen LogP contribution in [0.1, 0.15) is 36.6 Å². The quantitative estimate of drug-likeness (QED) is 0.631. The number of benzene rings is 2. The minimum Gasteiger partial charge on any atom is -0.494 e. The summed E-state index contributed by atoms with van der Waals surface area (Å²) in [5, 5.41) is 32.4. The number of rotatable bonds is 6. The Kier molecular flexibility index (Phi) is 6.58. The summed E-state index contributed by atoms with van der Waals surface area (Å²) in [4.78, 5) is 2.13. The summed E-state index contributed by atoms with van der Waals surface area (Å²) in [7, 11) is 0. The Morgan fingerprint density at radius 1 is 1.06 bits per heavy atom. The van der Waals surface area contributed by atoms with Crippen LogP contribution < -0.4 is 4.74 Å². The van der Waals surface area contributed by atoms with Crippen molar-refractivity contribution in [3.05, 3.63) is 64.2 Å². The monoisotopic (exact) mass is 447 g/mol. The first kappa shape index (κ1) is 22.5. The second-order valence-electron chi connectivity index (χ2n) is 8.44. The molecule has 4 unspecified atom stereocenters. The van der Waals surface area contributed by atoms with Crippen LogP contribution in [0.5, 0.6) is 5.75 Å². The highest BCUT2D eigenvalue weighted by Crippen LogP contribution is 2.43. The van der Waals surface area contributed by atoms with E-state index in [9.17, 15) is 15.3 Å². The van der Waals surface area contributed by atoms with Gasteiger partial charge in [0.25, 0.3) is 0 Å². The second kappa shape index (κ2) is 9.06. The van der Waals surface area contributed by atoms with Gasteiger partial charge in [-0.25, -0.2) is 0 Å². The van der Waals surface area contributed by atoms with Crippen LogP contribution in [-0.4, -0.2) is 70.4 Å². The molecule has 31 heavy (non-hydrogen) atoms. The molecule has 4 rings (SSSR count). The van der Waals surface area contributed by atoms with Gasteiger partial charge in [0.15, 0.2) is 0 Å². The predicted molar refractivity (Wildman–Crippen MR) is 119 cm³/mol. The van der Waals surface area contributed by atoms with Crippen LogP contribution in [0, 0.1) is 0 Å². The van der Waals surface area contributed by atoms with Crippen LogP contribution >= 0.6 is 11.6 Å². The molecule has 1 spiro atoms. The van der Waals surface area contributed by atoms with Gasteiger partial charge >= 0.3 is 0 Å².